The maximum Gasteiger partial charge on any atom is 0.119 e. The summed E-state index contributed by atoms with van der Waals surface area (Å²) < 4.78 is 5.39. The van der Waals surface area contributed by atoms with Crippen molar-refractivity contribution >= 4 is 16.6 Å². The Morgan fingerprint density at radius 3 is 2.38 bits per heavy atom. The summed E-state index contributed by atoms with van der Waals surface area (Å²) in [7, 11) is 1.68. The Morgan fingerprint density at radius 1 is 1.12 bits per heavy atom. The Hall–Kier alpha value is -2.88. The molecule has 4 heteroatoms. The molecule has 134 valence electrons. The topological polar surface area (TPSA) is 54.7 Å². The first-order valence-electron chi connectivity index (χ1n) is 8.77. The predicted octanol–water partition coefficient (Wildman–Crippen LogP) is 5.42. The van der Waals surface area contributed by atoms with Gasteiger partial charge in [0.15, 0.2) is 0 Å². The first kappa shape index (κ1) is 17.9. The summed E-state index contributed by atoms with van der Waals surface area (Å²) in [6.45, 7) is 8.14. The Labute approximate surface area is 154 Å². The van der Waals surface area contributed by atoms with Crippen LogP contribution in [0.1, 0.15) is 35.7 Å². The van der Waals surface area contributed by atoms with Crippen molar-refractivity contribution in [2.45, 2.75) is 34.1 Å². The van der Waals surface area contributed by atoms with Gasteiger partial charge in [-0.15, -0.1) is 0 Å². The number of benzene rings is 2. The summed E-state index contributed by atoms with van der Waals surface area (Å²) in [6, 6.07) is 12.2. The smallest absolute Gasteiger partial charge is 0.119 e. The van der Waals surface area contributed by atoms with Crippen LogP contribution < -0.4 is 4.74 Å². The SMILES string of the molecule is CC/C(=N\O)c1cc(C)nc2c(-c3c(C)cc(OC)cc3C)cccc12. The number of aromatic nitrogens is 1. The van der Waals surface area contributed by atoms with Gasteiger partial charge in [-0.25, -0.2) is 0 Å². The Bertz CT molecular complexity index is 983. The molecule has 1 aromatic heterocycles. The van der Waals surface area contributed by atoms with Gasteiger partial charge in [0.05, 0.1) is 18.3 Å². The molecule has 0 fully saturated rings. The van der Waals surface area contributed by atoms with E-state index in [2.05, 4.69) is 25.1 Å². The first-order valence-corrected chi connectivity index (χ1v) is 8.77. The quantitative estimate of drug-likeness (QED) is 0.389. The molecule has 0 amide bonds. The first-order chi connectivity index (χ1) is 12.5. The van der Waals surface area contributed by atoms with Gasteiger partial charge in [0.2, 0.25) is 0 Å². The van der Waals surface area contributed by atoms with Crippen LogP contribution in [0.25, 0.3) is 22.0 Å². The molecule has 3 rings (SSSR count). The monoisotopic (exact) mass is 348 g/mol. The van der Waals surface area contributed by atoms with Gasteiger partial charge in [0, 0.05) is 22.2 Å². The van der Waals surface area contributed by atoms with Gasteiger partial charge < -0.3 is 9.94 Å². The fourth-order valence-corrected chi connectivity index (χ4v) is 3.60. The zero-order valence-electron chi connectivity index (χ0n) is 15.9. The van der Waals surface area contributed by atoms with E-state index in [4.69, 9.17) is 9.72 Å². The van der Waals surface area contributed by atoms with E-state index in [1.54, 1.807) is 7.11 Å². The van der Waals surface area contributed by atoms with Crippen LogP contribution in [0.5, 0.6) is 5.75 Å². The molecule has 0 spiro atoms. The fraction of sp³-hybridized carbons (Fsp3) is 0.273. The second kappa shape index (κ2) is 7.16. The van der Waals surface area contributed by atoms with Crippen molar-refractivity contribution in [3.8, 4) is 16.9 Å². The summed E-state index contributed by atoms with van der Waals surface area (Å²) >= 11 is 0. The largest absolute Gasteiger partial charge is 0.497 e. The number of nitrogens with zero attached hydrogens (tertiary/aromatic N) is 2. The third-order valence-electron chi connectivity index (χ3n) is 4.75. The van der Waals surface area contributed by atoms with E-state index in [-0.39, 0.29) is 0 Å². The van der Waals surface area contributed by atoms with Gasteiger partial charge in [-0.05, 0) is 62.1 Å². The summed E-state index contributed by atoms with van der Waals surface area (Å²) in [4.78, 5) is 4.82. The van der Waals surface area contributed by atoms with Crippen molar-refractivity contribution in [1.29, 1.82) is 0 Å². The predicted molar refractivity (Wildman–Crippen MR) is 107 cm³/mol. The summed E-state index contributed by atoms with van der Waals surface area (Å²) in [5.41, 5.74) is 7.96. The second-order valence-electron chi connectivity index (χ2n) is 6.55. The van der Waals surface area contributed by atoms with Crippen molar-refractivity contribution in [2.24, 2.45) is 5.16 Å². The van der Waals surface area contributed by atoms with Crippen LogP contribution in [0.3, 0.4) is 0 Å². The van der Waals surface area contributed by atoms with Crippen LogP contribution in [0.15, 0.2) is 41.6 Å². The number of para-hydroxylation sites is 1. The Morgan fingerprint density at radius 2 is 1.81 bits per heavy atom. The molecule has 2 aromatic carbocycles. The average Bonchev–Trinajstić information content (AvgIpc) is 2.62. The minimum absolute atomic E-state index is 0.653. The molecule has 0 bridgehead atoms. The number of hydrogen-bond donors (Lipinski definition) is 1. The van der Waals surface area contributed by atoms with E-state index >= 15 is 0 Å². The molecule has 0 saturated heterocycles. The minimum atomic E-state index is 0.653. The summed E-state index contributed by atoms with van der Waals surface area (Å²) in [5, 5.41) is 13.9. The molecule has 0 unspecified atom stereocenters. The minimum Gasteiger partial charge on any atom is -0.497 e. The Balaban J connectivity index is 2.37. The summed E-state index contributed by atoms with van der Waals surface area (Å²) in [6.07, 6.45) is 0.653. The standard InChI is InChI=1S/C22H24N2O2/c1-6-20(24-25)19-12-15(4)23-22-17(19)8-7-9-18(22)21-13(2)10-16(26-5)11-14(21)3/h7-12,25H,6H2,1-5H3/b24-20+. The van der Waals surface area contributed by atoms with E-state index in [1.807, 2.05) is 44.2 Å². The second-order valence-corrected chi connectivity index (χ2v) is 6.55. The number of oxime groups is 1. The van der Waals surface area contributed by atoms with Crippen LogP contribution >= 0.6 is 0 Å². The normalized spacial score (nSPS) is 11.8. The maximum absolute atomic E-state index is 9.42. The molecule has 26 heavy (non-hydrogen) atoms. The van der Waals surface area contributed by atoms with Gasteiger partial charge in [-0.1, -0.05) is 30.3 Å². The molecule has 1 N–H and O–H groups in total. The van der Waals surface area contributed by atoms with Crippen LogP contribution in [0.4, 0.5) is 0 Å². The van der Waals surface area contributed by atoms with Gasteiger partial charge in [-0.3, -0.25) is 4.98 Å². The third kappa shape index (κ3) is 3.03. The number of pyridine rings is 1. The third-order valence-corrected chi connectivity index (χ3v) is 4.75. The van der Waals surface area contributed by atoms with Crippen molar-refractivity contribution in [1.82, 2.24) is 4.98 Å². The molecule has 1 heterocycles. The highest BCUT2D eigenvalue weighted by Gasteiger charge is 2.16. The van der Waals surface area contributed by atoms with Crippen molar-refractivity contribution in [2.75, 3.05) is 7.11 Å². The molecule has 0 saturated carbocycles. The lowest BCUT2D eigenvalue weighted by Crippen LogP contribution is -2.03. The van der Waals surface area contributed by atoms with Gasteiger partial charge >= 0.3 is 0 Å². The lowest BCUT2D eigenvalue weighted by molar-refractivity contribution is 0.318. The van der Waals surface area contributed by atoms with E-state index in [0.717, 1.165) is 44.6 Å². The highest BCUT2D eigenvalue weighted by atomic mass is 16.5. The lowest BCUT2D eigenvalue weighted by Gasteiger charge is -2.16. The number of rotatable bonds is 4. The fourth-order valence-electron chi connectivity index (χ4n) is 3.60. The molecule has 4 nitrogen and oxygen atoms in total. The maximum atomic E-state index is 9.42. The number of fused-ring (bicyclic) bond motifs is 1. The zero-order chi connectivity index (χ0) is 18.8. The van der Waals surface area contributed by atoms with Gasteiger partial charge in [-0.2, -0.15) is 0 Å². The molecular weight excluding hydrogens is 324 g/mol. The van der Waals surface area contributed by atoms with Crippen molar-refractivity contribution in [3.05, 3.63) is 58.8 Å². The molecule has 0 aliphatic carbocycles. The van der Waals surface area contributed by atoms with E-state index in [1.165, 1.54) is 5.56 Å². The van der Waals surface area contributed by atoms with Crippen LogP contribution in [-0.4, -0.2) is 23.0 Å². The molecule has 3 aromatic rings. The highest BCUT2D eigenvalue weighted by molar-refractivity contribution is 6.12. The molecular formula is C22H24N2O2. The molecule has 0 atom stereocenters. The average molecular weight is 348 g/mol. The van der Waals surface area contributed by atoms with Gasteiger partial charge in [0.25, 0.3) is 0 Å². The van der Waals surface area contributed by atoms with Gasteiger partial charge in [0.1, 0.15) is 5.75 Å². The summed E-state index contributed by atoms with van der Waals surface area (Å²) in [5.74, 6) is 0.856. The molecule has 0 aliphatic rings. The zero-order valence-corrected chi connectivity index (χ0v) is 15.9. The number of aryl methyl sites for hydroxylation is 3. The van der Waals surface area contributed by atoms with E-state index in [9.17, 15) is 5.21 Å². The highest BCUT2D eigenvalue weighted by Crippen LogP contribution is 2.36. The number of ether oxygens (including phenoxy) is 1. The number of hydrogen-bond acceptors (Lipinski definition) is 4. The molecule has 0 aliphatic heterocycles. The molecule has 0 radical (unpaired) electrons. The van der Waals surface area contributed by atoms with Crippen LogP contribution in [-0.2, 0) is 0 Å². The van der Waals surface area contributed by atoms with Crippen molar-refractivity contribution in [3.63, 3.8) is 0 Å². The van der Waals surface area contributed by atoms with Crippen LogP contribution in [0, 0.1) is 20.8 Å². The Kier molecular flexibility index (Phi) is 4.94. The number of methoxy groups -OCH3 is 1. The lowest BCUT2D eigenvalue weighted by atomic mass is 9.91. The van der Waals surface area contributed by atoms with E-state index < -0.39 is 0 Å². The van der Waals surface area contributed by atoms with Crippen molar-refractivity contribution < 1.29 is 9.94 Å². The van der Waals surface area contributed by atoms with E-state index in [0.29, 0.717) is 12.1 Å². The van der Waals surface area contributed by atoms with Crippen LogP contribution in [0.2, 0.25) is 0 Å².